The summed E-state index contributed by atoms with van der Waals surface area (Å²) in [6.45, 7) is 5.76. The molecule has 2 heterocycles. The van der Waals surface area contributed by atoms with Crippen LogP contribution in [-0.2, 0) is 0 Å². The molecule has 4 heteroatoms. The molecule has 0 atom stereocenters. The van der Waals surface area contributed by atoms with E-state index in [1.807, 2.05) is 37.5 Å². The zero-order valence-electron chi connectivity index (χ0n) is 9.53. The predicted octanol–water partition coefficient (Wildman–Crippen LogP) is 2.43. The predicted molar refractivity (Wildman–Crippen MR) is 61.3 cm³/mol. The lowest BCUT2D eigenvalue weighted by molar-refractivity contribution is 0.0697. The van der Waals surface area contributed by atoms with Gasteiger partial charge in [-0.3, -0.25) is 0 Å². The van der Waals surface area contributed by atoms with E-state index in [0.717, 1.165) is 17.1 Å². The Morgan fingerprint density at radius 3 is 2.31 bits per heavy atom. The maximum absolute atomic E-state index is 11.1. The molecule has 0 saturated carbocycles. The van der Waals surface area contributed by atoms with Crippen LogP contribution in [0.25, 0.3) is 5.82 Å². The number of carboxylic acids is 1. The van der Waals surface area contributed by atoms with Gasteiger partial charge in [-0.25, -0.2) is 4.79 Å². The quantitative estimate of drug-likeness (QED) is 0.813. The smallest absolute Gasteiger partial charge is 0.339 e. The summed E-state index contributed by atoms with van der Waals surface area (Å²) in [5.41, 5.74) is 3.18. The Morgan fingerprint density at radius 2 is 1.81 bits per heavy atom. The third-order valence-corrected chi connectivity index (χ3v) is 2.66. The third kappa shape index (κ3) is 1.52. The second-order valence-electron chi connectivity index (χ2n) is 3.97. The van der Waals surface area contributed by atoms with Crippen molar-refractivity contribution < 1.29 is 9.90 Å². The fraction of sp³-hybridized carbons (Fsp3) is 0.250. The van der Waals surface area contributed by atoms with Gasteiger partial charge in [-0.1, -0.05) is 0 Å². The Kier molecular flexibility index (Phi) is 2.34. The number of aromatic nitrogens is 2. The molecule has 4 nitrogen and oxygen atoms in total. The van der Waals surface area contributed by atoms with Gasteiger partial charge in [0.25, 0.3) is 0 Å². The van der Waals surface area contributed by atoms with Gasteiger partial charge in [0.05, 0.1) is 0 Å². The molecule has 2 aromatic heterocycles. The number of aromatic amines is 1. The summed E-state index contributed by atoms with van der Waals surface area (Å²) < 4.78 is 1.91. The Balaban J connectivity index is 2.68. The van der Waals surface area contributed by atoms with Gasteiger partial charge in [0, 0.05) is 17.1 Å². The first-order chi connectivity index (χ1) is 7.50. The molecule has 2 N–H and O–H groups in total. The molecule has 0 aliphatic carbocycles. The van der Waals surface area contributed by atoms with Gasteiger partial charge in [0.2, 0.25) is 0 Å². The van der Waals surface area contributed by atoms with Gasteiger partial charge in [0.15, 0.2) is 0 Å². The molecule has 0 aliphatic rings. The lowest BCUT2D eigenvalue weighted by Crippen LogP contribution is -2.06. The zero-order chi connectivity index (χ0) is 11.9. The molecule has 0 fully saturated rings. The van der Waals surface area contributed by atoms with Crippen LogP contribution in [0.5, 0.6) is 0 Å². The molecular weight excluding hydrogens is 204 g/mol. The minimum atomic E-state index is -0.910. The molecule has 2 rings (SSSR count). The molecule has 84 valence electrons. The summed E-state index contributed by atoms with van der Waals surface area (Å²) in [7, 11) is 0. The summed E-state index contributed by atoms with van der Waals surface area (Å²) in [6, 6.07) is 5.59. The molecule has 0 aromatic carbocycles. The zero-order valence-corrected chi connectivity index (χ0v) is 9.53. The van der Waals surface area contributed by atoms with Gasteiger partial charge in [-0.15, -0.1) is 0 Å². The molecule has 0 radical (unpaired) electrons. The molecule has 0 saturated heterocycles. The maximum Gasteiger partial charge on any atom is 0.339 e. The Labute approximate surface area is 93.5 Å². The number of carboxylic acid groups (broad SMARTS) is 1. The van der Waals surface area contributed by atoms with Crippen molar-refractivity contribution in [1.82, 2.24) is 9.55 Å². The molecule has 0 unspecified atom stereocenters. The van der Waals surface area contributed by atoms with Crippen molar-refractivity contribution in [2.24, 2.45) is 0 Å². The highest BCUT2D eigenvalue weighted by atomic mass is 16.4. The highest BCUT2D eigenvalue weighted by molar-refractivity contribution is 5.91. The molecule has 2 aromatic rings. The fourth-order valence-electron chi connectivity index (χ4n) is 1.94. The fourth-order valence-corrected chi connectivity index (χ4v) is 1.94. The Morgan fingerprint density at radius 1 is 1.25 bits per heavy atom. The Bertz CT molecular complexity index is 530. The first-order valence-electron chi connectivity index (χ1n) is 5.09. The third-order valence-electron chi connectivity index (χ3n) is 2.66. The van der Waals surface area contributed by atoms with Gasteiger partial charge >= 0.3 is 5.97 Å². The number of rotatable bonds is 2. The number of nitrogens with one attached hydrogen (secondary N) is 1. The average Bonchev–Trinajstić information content (AvgIpc) is 2.70. The second-order valence-corrected chi connectivity index (χ2v) is 3.97. The first-order valence-corrected chi connectivity index (χ1v) is 5.09. The summed E-state index contributed by atoms with van der Waals surface area (Å²) in [4.78, 5) is 14.2. The highest BCUT2D eigenvalue weighted by Crippen LogP contribution is 2.20. The number of hydrogen-bond acceptors (Lipinski definition) is 1. The number of aromatic carboxylic acids is 1. The number of aryl methyl sites for hydroxylation is 3. The van der Waals surface area contributed by atoms with Crippen LogP contribution in [0.15, 0.2) is 18.2 Å². The van der Waals surface area contributed by atoms with Crippen molar-refractivity contribution in [1.29, 1.82) is 0 Å². The van der Waals surface area contributed by atoms with E-state index in [4.69, 9.17) is 5.11 Å². The molecule has 0 aliphatic heterocycles. The maximum atomic E-state index is 11.1. The largest absolute Gasteiger partial charge is 0.478 e. The minimum absolute atomic E-state index is 0.305. The van der Waals surface area contributed by atoms with E-state index in [-0.39, 0.29) is 0 Å². The van der Waals surface area contributed by atoms with Crippen LogP contribution in [0.2, 0.25) is 0 Å². The van der Waals surface area contributed by atoms with Crippen LogP contribution in [0, 0.1) is 20.8 Å². The van der Waals surface area contributed by atoms with Crippen molar-refractivity contribution >= 4 is 5.97 Å². The van der Waals surface area contributed by atoms with Gasteiger partial charge in [0.1, 0.15) is 11.4 Å². The molecule has 0 spiro atoms. The summed E-state index contributed by atoms with van der Waals surface area (Å²) in [5.74, 6) is -0.281. The lowest BCUT2D eigenvalue weighted by atomic mass is 10.3. The SMILES string of the molecule is Cc1cc(C(=O)O)c(-n2c(C)ccc2C)[nH]1. The van der Waals surface area contributed by atoms with Crippen LogP contribution in [0.3, 0.4) is 0 Å². The van der Waals surface area contributed by atoms with E-state index in [2.05, 4.69) is 4.98 Å². The molecule has 0 amide bonds. The van der Waals surface area contributed by atoms with Crippen molar-refractivity contribution in [2.45, 2.75) is 20.8 Å². The monoisotopic (exact) mass is 218 g/mol. The van der Waals surface area contributed by atoms with E-state index < -0.39 is 5.97 Å². The number of hydrogen-bond donors (Lipinski definition) is 2. The van der Waals surface area contributed by atoms with Crippen molar-refractivity contribution in [3.8, 4) is 5.82 Å². The number of H-pyrrole nitrogens is 1. The number of nitrogens with zero attached hydrogens (tertiary/aromatic N) is 1. The number of carbonyl (C=O) groups is 1. The first kappa shape index (κ1) is 10.5. The normalized spacial score (nSPS) is 10.7. The molecular formula is C12H14N2O2. The van der Waals surface area contributed by atoms with E-state index in [1.54, 1.807) is 6.07 Å². The van der Waals surface area contributed by atoms with Crippen LogP contribution in [-0.4, -0.2) is 20.6 Å². The van der Waals surface area contributed by atoms with Crippen molar-refractivity contribution in [3.05, 3.63) is 40.8 Å². The van der Waals surface area contributed by atoms with Crippen molar-refractivity contribution in [2.75, 3.05) is 0 Å². The van der Waals surface area contributed by atoms with Gasteiger partial charge in [-0.05, 0) is 39.0 Å². The Hall–Kier alpha value is -1.97. The van der Waals surface area contributed by atoms with Crippen LogP contribution in [0.1, 0.15) is 27.4 Å². The van der Waals surface area contributed by atoms with Gasteiger partial charge < -0.3 is 14.7 Å². The standard InChI is InChI=1S/C12H14N2O2/c1-7-6-10(12(15)16)11(13-7)14-8(2)4-5-9(14)3/h4-6,13H,1-3H3,(H,15,16). The van der Waals surface area contributed by atoms with Crippen LogP contribution >= 0.6 is 0 Å². The van der Waals surface area contributed by atoms with Gasteiger partial charge in [-0.2, -0.15) is 0 Å². The molecule has 16 heavy (non-hydrogen) atoms. The van der Waals surface area contributed by atoms with E-state index in [0.29, 0.717) is 11.4 Å². The van der Waals surface area contributed by atoms with Crippen LogP contribution < -0.4 is 0 Å². The molecule has 0 bridgehead atoms. The van der Waals surface area contributed by atoms with Crippen molar-refractivity contribution in [3.63, 3.8) is 0 Å². The van der Waals surface area contributed by atoms with E-state index in [1.165, 1.54) is 0 Å². The summed E-state index contributed by atoms with van der Waals surface area (Å²) in [6.07, 6.45) is 0. The highest BCUT2D eigenvalue weighted by Gasteiger charge is 2.16. The van der Waals surface area contributed by atoms with E-state index in [9.17, 15) is 4.79 Å². The summed E-state index contributed by atoms with van der Waals surface area (Å²) >= 11 is 0. The minimum Gasteiger partial charge on any atom is -0.478 e. The summed E-state index contributed by atoms with van der Waals surface area (Å²) in [5, 5.41) is 9.13. The van der Waals surface area contributed by atoms with Crippen LogP contribution in [0.4, 0.5) is 0 Å². The topological polar surface area (TPSA) is 58.0 Å². The lowest BCUT2D eigenvalue weighted by Gasteiger charge is -2.08. The van der Waals surface area contributed by atoms with E-state index >= 15 is 0 Å². The second kappa shape index (κ2) is 3.56. The average molecular weight is 218 g/mol.